The van der Waals surface area contributed by atoms with Gasteiger partial charge in [0.2, 0.25) is 0 Å². The fourth-order valence-electron chi connectivity index (χ4n) is 2.21. The van der Waals surface area contributed by atoms with E-state index in [0.29, 0.717) is 29.7 Å². The number of rotatable bonds is 16. The van der Waals surface area contributed by atoms with E-state index < -0.39 is 12.4 Å². The van der Waals surface area contributed by atoms with Crippen molar-refractivity contribution in [2.24, 2.45) is 0 Å². The van der Waals surface area contributed by atoms with Gasteiger partial charge in [-0.15, -0.1) is 0 Å². The molecular weight excluding hydrogens is 384 g/mol. The van der Waals surface area contributed by atoms with Gasteiger partial charge in [0.15, 0.2) is 6.29 Å². The topological polar surface area (TPSA) is 99.4 Å². The summed E-state index contributed by atoms with van der Waals surface area (Å²) in [6, 6.07) is 0. The normalized spacial score (nSPS) is 15.3. The van der Waals surface area contributed by atoms with Crippen molar-refractivity contribution in [1.82, 2.24) is 0 Å². The van der Waals surface area contributed by atoms with Crippen molar-refractivity contribution in [3.8, 4) is 0 Å². The zero-order valence-corrected chi connectivity index (χ0v) is 18.1. The summed E-state index contributed by atoms with van der Waals surface area (Å²) in [7, 11) is 0. The highest BCUT2D eigenvalue weighted by atomic mass is 16.6. The van der Waals surface area contributed by atoms with Gasteiger partial charge < -0.3 is 29.9 Å². The Kier molecular flexibility index (Phi) is 15.6. The average Bonchev–Trinajstić information content (AvgIpc) is 2.74. The lowest BCUT2D eigenvalue weighted by molar-refractivity contribution is -0.0695. The molecule has 0 aromatic rings. The third kappa shape index (κ3) is 11.8. The molecule has 0 rings (SSSR count). The van der Waals surface area contributed by atoms with E-state index in [9.17, 15) is 15.3 Å². The van der Waals surface area contributed by atoms with Crippen LogP contribution >= 0.6 is 0 Å². The third-order valence-corrected chi connectivity index (χ3v) is 4.22. The lowest BCUT2D eigenvalue weighted by atomic mass is 10.1. The smallest absolute Gasteiger partial charge is 0.180 e. The second-order valence-corrected chi connectivity index (χ2v) is 6.62. The Hall–Kier alpha value is -2.06. The molecule has 0 radical (unpaired) electrons. The fraction of sp³-hybridized carbons (Fsp3) is 0.417. The Morgan fingerprint density at radius 2 is 1.83 bits per heavy atom. The Labute approximate surface area is 180 Å². The van der Waals surface area contributed by atoms with Crippen molar-refractivity contribution in [2.45, 2.75) is 32.7 Å². The Balaban J connectivity index is 4.80. The number of allylic oxidation sites excluding steroid dienone is 4. The predicted molar refractivity (Wildman–Crippen MR) is 121 cm³/mol. The van der Waals surface area contributed by atoms with Gasteiger partial charge >= 0.3 is 0 Å². The van der Waals surface area contributed by atoms with Crippen molar-refractivity contribution in [3.05, 3.63) is 84.1 Å². The molecule has 0 saturated carbocycles. The average molecular weight is 421 g/mol. The van der Waals surface area contributed by atoms with Crippen molar-refractivity contribution < 1.29 is 29.9 Å². The summed E-state index contributed by atoms with van der Waals surface area (Å²) < 4.78 is 10.8. The highest BCUT2D eigenvalue weighted by molar-refractivity contribution is 5.32. The summed E-state index contributed by atoms with van der Waals surface area (Å²) in [5, 5.41) is 38.5. The zero-order valence-electron chi connectivity index (χ0n) is 18.1. The van der Waals surface area contributed by atoms with E-state index in [0.717, 1.165) is 11.1 Å². The quantitative estimate of drug-likeness (QED) is 0.133. The van der Waals surface area contributed by atoms with Crippen LogP contribution in [0.15, 0.2) is 84.1 Å². The van der Waals surface area contributed by atoms with E-state index in [1.165, 1.54) is 0 Å². The van der Waals surface area contributed by atoms with Crippen LogP contribution in [0.1, 0.15) is 20.3 Å². The maximum atomic E-state index is 10.2. The molecule has 30 heavy (non-hydrogen) atoms. The van der Waals surface area contributed by atoms with E-state index in [4.69, 9.17) is 14.6 Å². The van der Waals surface area contributed by atoms with Crippen LogP contribution < -0.4 is 0 Å². The van der Waals surface area contributed by atoms with Crippen LogP contribution in [-0.4, -0.2) is 65.9 Å². The van der Waals surface area contributed by atoms with Crippen LogP contribution in [0.4, 0.5) is 0 Å². The third-order valence-electron chi connectivity index (χ3n) is 4.22. The van der Waals surface area contributed by atoms with E-state index in [1.54, 1.807) is 44.2 Å². The first-order chi connectivity index (χ1) is 14.3. The molecule has 4 N–H and O–H groups in total. The molecule has 0 aromatic heterocycles. The fourth-order valence-corrected chi connectivity index (χ4v) is 2.21. The number of ether oxygens (including phenoxy) is 2. The molecule has 0 aromatic carbocycles. The summed E-state index contributed by atoms with van der Waals surface area (Å²) in [5.74, 6) is 0. The van der Waals surface area contributed by atoms with Crippen LogP contribution in [0.5, 0.6) is 0 Å². The summed E-state index contributed by atoms with van der Waals surface area (Å²) in [5.41, 5.74) is 2.93. The molecule has 0 amide bonds. The second-order valence-electron chi connectivity index (χ2n) is 6.62. The van der Waals surface area contributed by atoms with Crippen molar-refractivity contribution in [1.29, 1.82) is 0 Å². The van der Waals surface area contributed by atoms with Gasteiger partial charge in [-0.25, -0.2) is 0 Å². The first-order valence-corrected chi connectivity index (χ1v) is 9.76. The first-order valence-electron chi connectivity index (χ1n) is 9.76. The molecule has 6 nitrogen and oxygen atoms in total. The van der Waals surface area contributed by atoms with Crippen LogP contribution in [-0.2, 0) is 9.47 Å². The molecule has 0 bridgehead atoms. The van der Waals surface area contributed by atoms with Crippen LogP contribution in [0.2, 0.25) is 0 Å². The molecule has 0 fully saturated rings. The predicted octanol–water partition coefficient (Wildman–Crippen LogP) is 2.75. The molecule has 0 aliphatic rings. The number of aliphatic hydroxyl groups excluding tert-OH is 4. The molecule has 168 valence electrons. The minimum atomic E-state index is -1.22. The van der Waals surface area contributed by atoms with Crippen molar-refractivity contribution in [2.75, 3.05) is 33.0 Å². The van der Waals surface area contributed by atoms with Gasteiger partial charge in [0, 0.05) is 5.57 Å². The van der Waals surface area contributed by atoms with Crippen molar-refractivity contribution in [3.63, 3.8) is 0 Å². The van der Waals surface area contributed by atoms with Gasteiger partial charge in [-0.2, -0.15) is 0 Å². The molecule has 6 heteroatoms. The highest BCUT2D eigenvalue weighted by Crippen LogP contribution is 2.16. The van der Waals surface area contributed by atoms with Crippen LogP contribution in [0.25, 0.3) is 0 Å². The summed E-state index contributed by atoms with van der Waals surface area (Å²) >= 11 is 0. The molecule has 0 spiro atoms. The van der Waals surface area contributed by atoms with Gasteiger partial charge in [-0.05, 0) is 42.6 Å². The Morgan fingerprint density at radius 1 is 1.13 bits per heavy atom. The minimum Gasteiger partial charge on any atom is -0.392 e. The maximum absolute atomic E-state index is 10.2. The Morgan fingerprint density at radius 3 is 2.40 bits per heavy atom. The number of aliphatic hydroxyl groups is 4. The van der Waals surface area contributed by atoms with Crippen LogP contribution in [0, 0.1) is 0 Å². The zero-order chi connectivity index (χ0) is 22.9. The molecule has 0 aliphatic heterocycles. The van der Waals surface area contributed by atoms with Gasteiger partial charge in [0.25, 0.3) is 0 Å². The van der Waals surface area contributed by atoms with E-state index in [1.807, 2.05) is 6.08 Å². The van der Waals surface area contributed by atoms with Gasteiger partial charge in [-0.1, -0.05) is 56.2 Å². The number of hydrogen-bond donors (Lipinski definition) is 4. The van der Waals surface area contributed by atoms with Crippen LogP contribution in [0.3, 0.4) is 0 Å². The minimum absolute atomic E-state index is 0.0273. The summed E-state index contributed by atoms with van der Waals surface area (Å²) in [6.45, 7) is 15.1. The van der Waals surface area contributed by atoms with E-state index in [-0.39, 0.29) is 26.4 Å². The van der Waals surface area contributed by atoms with E-state index >= 15 is 0 Å². The molecule has 0 aliphatic carbocycles. The van der Waals surface area contributed by atoms with Gasteiger partial charge in [0.1, 0.15) is 6.10 Å². The maximum Gasteiger partial charge on any atom is 0.180 e. The first kappa shape index (κ1) is 27.9. The lowest BCUT2D eigenvalue weighted by Crippen LogP contribution is -2.18. The van der Waals surface area contributed by atoms with Gasteiger partial charge in [-0.3, -0.25) is 0 Å². The lowest BCUT2D eigenvalue weighted by Gasteiger charge is -2.17. The summed E-state index contributed by atoms with van der Waals surface area (Å²) in [4.78, 5) is 0. The van der Waals surface area contributed by atoms with Gasteiger partial charge in [0.05, 0.1) is 33.0 Å². The SMILES string of the molecule is C=C/C=C\C(=C/C(=C)C(O)COC/C=C(/C)CO)CCOC(O)C(=C)/C(=C\C)CO. The Bertz CT molecular complexity index is 669. The molecule has 0 saturated heterocycles. The number of hydrogen-bond acceptors (Lipinski definition) is 6. The van der Waals surface area contributed by atoms with Crippen molar-refractivity contribution >= 4 is 0 Å². The monoisotopic (exact) mass is 420 g/mol. The highest BCUT2D eigenvalue weighted by Gasteiger charge is 2.13. The molecular formula is C24H36O6. The molecule has 2 unspecified atom stereocenters. The molecule has 0 heterocycles. The standard InChI is InChI=1S/C24H36O6/c1-6-8-9-21(11-13-30-24(28)20(5)22(7-2)16-26)14-19(4)23(27)17-29-12-10-18(3)15-25/h6-10,14,23-28H,1,4-5,11-13,15-17H2,2-3H3/b9-8-,18-10-,21-14+,22-7-. The summed E-state index contributed by atoms with van der Waals surface area (Å²) in [6.07, 6.45) is 8.69. The van der Waals surface area contributed by atoms with E-state index in [2.05, 4.69) is 19.7 Å². The molecule has 2 atom stereocenters. The second kappa shape index (κ2) is 16.7. The largest absolute Gasteiger partial charge is 0.392 e.